The quantitative estimate of drug-likeness (QED) is 0.783. The van der Waals surface area contributed by atoms with E-state index in [1.165, 1.54) is 0 Å². The first kappa shape index (κ1) is 13.2. The number of nitrogens with one attached hydrogen (secondary N) is 3. The molecule has 1 amide bonds. The molecule has 3 N–H and O–H groups in total. The molecule has 5 nitrogen and oxygen atoms in total. The molecule has 1 unspecified atom stereocenters. The zero-order valence-corrected chi connectivity index (χ0v) is 11.1. The summed E-state index contributed by atoms with van der Waals surface area (Å²) in [6, 6.07) is 5.63. The van der Waals surface area contributed by atoms with E-state index in [1.54, 1.807) is 18.0 Å². The molecule has 0 radical (unpaired) electrons. The molecule has 96 valence electrons. The Labute approximate surface area is 115 Å². The van der Waals surface area contributed by atoms with Crippen LogP contribution < -0.4 is 10.6 Å². The zero-order chi connectivity index (χ0) is 11.7. The van der Waals surface area contributed by atoms with Crippen LogP contribution in [0.1, 0.15) is 0 Å². The predicted molar refractivity (Wildman–Crippen MR) is 76.2 cm³/mol. The fraction of sp³-hybridized carbons (Fsp3) is 0.273. The molecule has 1 atom stereocenters. The lowest BCUT2D eigenvalue weighted by atomic mass is 10.2. The number of nitrogens with zero attached hydrogens (tertiary/aromatic N) is 1. The standard InChI is InChI=1S/C11H12N4OS.ClH/c16-11(10-5-17-6-12-10)14-8-2-1-7-4-13-15-9(7)3-8;/h1-4,10,12H,5-6H2,(H,13,15)(H,14,16);1H. The molecule has 0 saturated carbocycles. The fourth-order valence-electron chi connectivity index (χ4n) is 1.81. The van der Waals surface area contributed by atoms with Gasteiger partial charge in [-0.15, -0.1) is 24.2 Å². The number of rotatable bonds is 2. The van der Waals surface area contributed by atoms with Gasteiger partial charge >= 0.3 is 0 Å². The van der Waals surface area contributed by atoms with Crippen LogP contribution in [-0.4, -0.2) is 33.8 Å². The number of halogens is 1. The molecule has 1 aromatic carbocycles. The second-order valence-electron chi connectivity index (χ2n) is 3.93. The number of hydrogen-bond acceptors (Lipinski definition) is 4. The normalized spacial score (nSPS) is 18.6. The number of aromatic amines is 1. The van der Waals surface area contributed by atoms with Crippen molar-refractivity contribution >= 4 is 46.7 Å². The number of H-pyrrole nitrogens is 1. The van der Waals surface area contributed by atoms with Crippen molar-refractivity contribution in [3.63, 3.8) is 0 Å². The summed E-state index contributed by atoms with van der Waals surface area (Å²) in [5.74, 6) is 1.70. The van der Waals surface area contributed by atoms with Crippen LogP contribution in [0.25, 0.3) is 10.9 Å². The number of aromatic nitrogens is 2. The highest BCUT2D eigenvalue weighted by atomic mass is 35.5. The summed E-state index contributed by atoms with van der Waals surface area (Å²) in [5.41, 5.74) is 1.72. The molecule has 2 aromatic rings. The first-order chi connectivity index (χ1) is 8.33. The third kappa shape index (κ3) is 2.60. The van der Waals surface area contributed by atoms with Gasteiger partial charge in [-0.2, -0.15) is 5.10 Å². The minimum Gasteiger partial charge on any atom is -0.325 e. The van der Waals surface area contributed by atoms with Gasteiger partial charge in [0.15, 0.2) is 0 Å². The molecule has 1 aromatic heterocycles. The van der Waals surface area contributed by atoms with Crippen molar-refractivity contribution in [1.82, 2.24) is 15.5 Å². The van der Waals surface area contributed by atoms with Gasteiger partial charge < -0.3 is 5.32 Å². The van der Waals surface area contributed by atoms with Gasteiger partial charge in [0.2, 0.25) is 5.91 Å². The van der Waals surface area contributed by atoms with Gasteiger partial charge in [-0.25, -0.2) is 0 Å². The molecular weight excluding hydrogens is 272 g/mol. The van der Waals surface area contributed by atoms with Gasteiger partial charge in [-0.3, -0.25) is 15.2 Å². The molecule has 3 rings (SSSR count). The van der Waals surface area contributed by atoms with Crippen molar-refractivity contribution < 1.29 is 4.79 Å². The van der Waals surface area contributed by atoms with Crippen molar-refractivity contribution in [3.05, 3.63) is 24.4 Å². The van der Waals surface area contributed by atoms with Gasteiger partial charge in [0.1, 0.15) is 0 Å². The highest BCUT2D eigenvalue weighted by molar-refractivity contribution is 7.99. The Balaban J connectivity index is 0.00000120. The van der Waals surface area contributed by atoms with Gasteiger partial charge in [-0.05, 0) is 18.2 Å². The monoisotopic (exact) mass is 284 g/mol. The largest absolute Gasteiger partial charge is 0.325 e. The van der Waals surface area contributed by atoms with Gasteiger partial charge in [0.25, 0.3) is 0 Å². The highest BCUT2D eigenvalue weighted by Gasteiger charge is 2.22. The van der Waals surface area contributed by atoms with Crippen LogP contribution in [0.2, 0.25) is 0 Å². The molecule has 1 aliphatic heterocycles. The minimum atomic E-state index is -0.0857. The maximum Gasteiger partial charge on any atom is 0.242 e. The summed E-state index contributed by atoms with van der Waals surface area (Å²) in [4.78, 5) is 11.9. The lowest BCUT2D eigenvalue weighted by Gasteiger charge is -2.10. The number of anilines is 1. The van der Waals surface area contributed by atoms with Crippen LogP contribution in [0.4, 0.5) is 5.69 Å². The number of carbonyl (C=O) groups excluding carboxylic acids is 1. The predicted octanol–water partition coefficient (Wildman–Crippen LogP) is 1.59. The summed E-state index contributed by atoms with van der Waals surface area (Å²) in [7, 11) is 0. The lowest BCUT2D eigenvalue weighted by Crippen LogP contribution is -2.37. The van der Waals surface area contributed by atoms with E-state index in [-0.39, 0.29) is 24.4 Å². The second kappa shape index (κ2) is 5.60. The van der Waals surface area contributed by atoms with Crippen molar-refractivity contribution in [3.8, 4) is 0 Å². The molecule has 0 bridgehead atoms. The Morgan fingerprint density at radius 2 is 2.39 bits per heavy atom. The molecular formula is C11H13ClN4OS. The number of hydrogen-bond donors (Lipinski definition) is 3. The first-order valence-electron chi connectivity index (χ1n) is 5.38. The van der Waals surface area contributed by atoms with E-state index in [9.17, 15) is 4.79 Å². The number of benzene rings is 1. The molecule has 0 aliphatic carbocycles. The Morgan fingerprint density at radius 3 is 3.17 bits per heavy atom. The fourth-order valence-corrected chi connectivity index (χ4v) is 2.75. The van der Waals surface area contributed by atoms with E-state index >= 15 is 0 Å². The van der Waals surface area contributed by atoms with Gasteiger partial charge in [-0.1, -0.05) is 0 Å². The number of thioether (sulfide) groups is 1. The zero-order valence-electron chi connectivity index (χ0n) is 9.47. The molecule has 2 heterocycles. The topological polar surface area (TPSA) is 69.8 Å². The van der Waals surface area contributed by atoms with Crippen molar-refractivity contribution in [2.24, 2.45) is 0 Å². The Morgan fingerprint density at radius 1 is 1.50 bits per heavy atom. The first-order valence-corrected chi connectivity index (χ1v) is 6.53. The molecule has 1 saturated heterocycles. The smallest absolute Gasteiger partial charge is 0.242 e. The van der Waals surface area contributed by atoms with E-state index in [4.69, 9.17) is 0 Å². The van der Waals surface area contributed by atoms with E-state index < -0.39 is 0 Å². The van der Waals surface area contributed by atoms with Gasteiger partial charge in [0.05, 0.1) is 17.8 Å². The van der Waals surface area contributed by atoms with Crippen LogP contribution >= 0.6 is 24.2 Å². The average molecular weight is 285 g/mol. The minimum absolute atomic E-state index is 0. The summed E-state index contributed by atoms with van der Waals surface area (Å²) in [6.07, 6.45) is 1.76. The van der Waals surface area contributed by atoms with Crippen LogP contribution in [0, 0.1) is 0 Å². The summed E-state index contributed by atoms with van der Waals surface area (Å²) in [6.45, 7) is 0. The average Bonchev–Trinajstić information content (AvgIpc) is 2.99. The van der Waals surface area contributed by atoms with E-state index in [1.807, 2.05) is 18.2 Å². The van der Waals surface area contributed by atoms with E-state index in [2.05, 4.69) is 20.8 Å². The van der Waals surface area contributed by atoms with Crippen LogP contribution in [0.5, 0.6) is 0 Å². The third-order valence-electron chi connectivity index (χ3n) is 2.74. The maximum atomic E-state index is 11.9. The van der Waals surface area contributed by atoms with Gasteiger partial charge in [0, 0.05) is 22.7 Å². The van der Waals surface area contributed by atoms with Crippen LogP contribution in [0.3, 0.4) is 0 Å². The third-order valence-corrected chi connectivity index (χ3v) is 3.68. The number of amides is 1. The highest BCUT2D eigenvalue weighted by Crippen LogP contribution is 2.17. The lowest BCUT2D eigenvalue weighted by molar-refractivity contribution is -0.117. The molecule has 1 fully saturated rings. The number of fused-ring (bicyclic) bond motifs is 1. The molecule has 7 heteroatoms. The van der Waals surface area contributed by atoms with Crippen molar-refractivity contribution in [2.45, 2.75) is 6.04 Å². The SMILES string of the molecule is Cl.O=C(Nc1ccc2cn[nH]c2c1)C1CSCN1. The van der Waals surface area contributed by atoms with Crippen LogP contribution in [-0.2, 0) is 4.79 Å². The van der Waals surface area contributed by atoms with Crippen LogP contribution in [0.15, 0.2) is 24.4 Å². The van der Waals surface area contributed by atoms with E-state index in [0.717, 1.165) is 28.2 Å². The second-order valence-corrected chi connectivity index (χ2v) is 4.96. The van der Waals surface area contributed by atoms with E-state index in [0.29, 0.717) is 0 Å². The maximum absolute atomic E-state index is 11.9. The summed E-state index contributed by atoms with van der Waals surface area (Å²) in [5, 5.41) is 13.9. The number of carbonyl (C=O) groups is 1. The molecule has 0 spiro atoms. The Hall–Kier alpha value is -1.24. The Bertz CT molecular complexity index is 553. The molecule has 1 aliphatic rings. The molecule has 18 heavy (non-hydrogen) atoms. The van der Waals surface area contributed by atoms with Crippen molar-refractivity contribution in [2.75, 3.05) is 16.9 Å². The Kier molecular flexibility index (Phi) is 4.11. The summed E-state index contributed by atoms with van der Waals surface area (Å²) >= 11 is 1.74. The summed E-state index contributed by atoms with van der Waals surface area (Å²) < 4.78 is 0. The van der Waals surface area contributed by atoms with Crippen molar-refractivity contribution in [1.29, 1.82) is 0 Å².